The van der Waals surface area contributed by atoms with Crippen LogP contribution in [0.15, 0.2) is 18.2 Å². The molecule has 36 heavy (non-hydrogen) atoms. The molecule has 11 heteroatoms. The van der Waals surface area contributed by atoms with E-state index in [1.165, 1.54) is 24.1 Å². The molecule has 1 aromatic carbocycles. The van der Waals surface area contributed by atoms with Gasteiger partial charge in [-0.2, -0.15) is 18.2 Å². The zero-order chi connectivity index (χ0) is 25.9. The van der Waals surface area contributed by atoms with E-state index in [-0.39, 0.29) is 17.0 Å². The number of fused-ring (bicyclic) bond motifs is 1. The van der Waals surface area contributed by atoms with Gasteiger partial charge in [0, 0.05) is 32.2 Å². The number of amides is 2. The number of nitrogens with one attached hydrogen (secondary N) is 3. The fraction of sp³-hybridized carbons (Fsp3) is 0.560. The van der Waals surface area contributed by atoms with E-state index in [1.54, 1.807) is 0 Å². The van der Waals surface area contributed by atoms with E-state index in [0.717, 1.165) is 62.5 Å². The summed E-state index contributed by atoms with van der Waals surface area (Å²) in [5.41, 5.74) is 0.986. The van der Waals surface area contributed by atoms with Crippen LogP contribution in [0.3, 0.4) is 0 Å². The Hall–Kier alpha value is -2.75. The Morgan fingerprint density at radius 2 is 1.83 bits per heavy atom. The van der Waals surface area contributed by atoms with Crippen molar-refractivity contribution in [2.75, 3.05) is 36.2 Å². The quantitative estimate of drug-likeness (QED) is 0.439. The SMILES string of the molecule is CN(C)c1nc(NC2CCC(CNC(=O)Nc3c(Cl)cccc3C(F)(F)F)CC2)nc2c1CCCC2. The van der Waals surface area contributed by atoms with Gasteiger partial charge >= 0.3 is 12.2 Å². The maximum atomic E-state index is 13.2. The minimum absolute atomic E-state index is 0.159. The van der Waals surface area contributed by atoms with Gasteiger partial charge in [-0.15, -0.1) is 0 Å². The van der Waals surface area contributed by atoms with Crippen LogP contribution in [0.2, 0.25) is 5.02 Å². The first-order valence-electron chi connectivity index (χ1n) is 12.4. The molecule has 1 aromatic heterocycles. The summed E-state index contributed by atoms with van der Waals surface area (Å²) in [5, 5.41) is 8.31. The van der Waals surface area contributed by atoms with Crippen LogP contribution >= 0.6 is 11.6 Å². The van der Waals surface area contributed by atoms with E-state index in [2.05, 4.69) is 16.0 Å². The van der Waals surface area contributed by atoms with Crippen LogP contribution in [-0.4, -0.2) is 42.7 Å². The van der Waals surface area contributed by atoms with Crippen molar-refractivity contribution < 1.29 is 18.0 Å². The number of nitrogens with zero attached hydrogens (tertiary/aromatic N) is 3. The van der Waals surface area contributed by atoms with Gasteiger partial charge in [-0.05, 0) is 69.4 Å². The Labute approximate surface area is 214 Å². The zero-order valence-corrected chi connectivity index (χ0v) is 21.3. The lowest BCUT2D eigenvalue weighted by atomic mass is 9.86. The zero-order valence-electron chi connectivity index (χ0n) is 20.5. The topological polar surface area (TPSA) is 82.2 Å². The van der Waals surface area contributed by atoms with Crippen LogP contribution in [0.1, 0.15) is 55.3 Å². The number of anilines is 3. The Bertz CT molecular complexity index is 1090. The van der Waals surface area contributed by atoms with Gasteiger partial charge in [0.05, 0.1) is 22.0 Å². The number of benzene rings is 1. The second-order valence-electron chi connectivity index (χ2n) is 9.75. The summed E-state index contributed by atoms with van der Waals surface area (Å²) < 4.78 is 39.7. The summed E-state index contributed by atoms with van der Waals surface area (Å²) in [4.78, 5) is 23.9. The first kappa shape index (κ1) is 26.3. The van der Waals surface area contributed by atoms with Gasteiger partial charge in [0.25, 0.3) is 0 Å². The third-order valence-electron chi connectivity index (χ3n) is 6.87. The smallest absolute Gasteiger partial charge is 0.362 e. The Morgan fingerprint density at radius 3 is 2.53 bits per heavy atom. The van der Waals surface area contributed by atoms with Gasteiger partial charge in [0.2, 0.25) is 5.95 Å². The summed E-state index contributed by atoms with van der Waals surface area (Å²) in [6.45, 7) is 0.379. The molecule has 7 nitrogen and oxygen atoms in total. The second kappa shape index (κ2) is 11.1. The van der Waals surface area contributed by atoms with E-state index in [4.69, 9.17) is 21.6 Å². The lowest BCUT2D eigenvalue weighted by molar-refractivity contribution is -0.136. The molecule has 0 saturated heterocycles. The van der Waals surface area contributed by atoms with Crippen molar-refractivity contribution in [1.82, 2.24) is 15.3 Å². The van der Waals surface area contributed by atoms with Gasteiger partial charge in [0.1, 0.15) is 5.82 Å². The average Bonchev–Trinajstić information content (AvgIpc) is 2.83. The number of aromatic nitrogens is 2. The van der Waals surface area contributed by atoms with E-state index in [1.807, 2.05) is 19.0 Å². The summed E-state index contributed by atoms with van der Waals surface area (Å²) >= 11 is 5.91. The fourth-order valence-corrected chi connectivity index (χ4v) is 5.21. The number of urea groups is 1. The van der Waals surface area contributed by atoms with E-state index >= 15 is 0 Å². The number of aryl methyl sites for hydroxylation is 1. The number of alkyl halides is 3. The molecule has 0 bridgehead atoms. The number of carbonyl (C=O) groups is 1. The van der Waals surface area contributed by atoms with Gasteiger partial charge in [0.15, 0.2) is 0 Å². The number of para-hydroxylation sites is 1. The van der Waals surface area contributed by atoms with Crippen molar-refractivity contribution in [1.29, 1.82) is 0 Å². The number of rotatable bonds is 6. The molecule has 1 fully saturated rings. The minimum Gasteiger partial charge on any atom is -0.362 e. The van der Waals surface area contributed by atoms with Crippen molar-refractivity contribution in [3.63, 3.8) is 0 Å². The van der Waals surface area contributed by atoms with Gasteiger partial charge in [-0.25, -0.2) is 9.78 Å². The molecule has 1 saturated carbocycles. The average molecular weight is 525 g/mol. The van der Waals surface area contributed by atoms with Crippen molar-refractivity contribution in [2.45, 2.75) is 63.6 Å². The maximum absolute atomic E-state index is 13.2. The molecule has 2 aliphatic rings. The molecule has 2 amide bonds. The molecule has 0 radical (unpaired) electrons. The molecular weight excluding hydrogens is 493 g/mol. The van der Waals surface area contributed by atoms with E-state index in [0.29, 0.717) is 12.5 Å². The molecule has 0 aliphatic heterocycles. The third kappa shape index (κ3) is 6.32. The predicted molar refractivity (Wildman–Crippen MR) is 136 cm³/mol. The fourth-order valence-electron chi connectivity index (χ4n) is 4.98. The number of hydrogen-bond donors (Lipinski definition) is 3. The normalized spacial score (nSPS) is 19.8. The lowest BCUT2D eigenvalue weighted by Crippen LogP contribution is -2.36. The first-order chi connectivity index (χ1) is 17.1. The van der Waals surface area contributed by atoms with Crippen LogP contribution in [-0.2, 0) is 19.0 Å². The van der Waals surface area contributed by atoms with Crippen molar-refractivity contribution in [2.24, 2.45) is 5.92 Å². The first-order valence-corrected chi connectivity index (χ1v) is 12.7. The number of hydrogen-bond acceptors (Lipinski definition) is 5. The highest BCUT2D eigenvalue weighted by Crippen LogP contribution is 2.38. The highest BCUT2D eigenvalue weighted by molar-refractivity contribution is 6.33. The molecule has 1 heterocycles. The highest BCUT2D eigenvalue weighted by Gasteiger charge is 2.35. The minimum atomic E-state index is -4.62. The second-order valence-corrected chi connectivity index (χ2v) is 10.2. The standard InChI is InChI=1S/C25H32ClF3N6O/c1-35(2)22-17-6-3-4-9-20(17)32-23(34-22)31-16-12-10-15(11-13-16)14-30-24(36)33-21-18(25(27,28)29)7-5-8-19(21)26/h5,7-8,15-16H,3-4,6,9-14H2,1-2H3,(H2,30,33,36)(H,31,32,34). The molecule has 3 N–H and O–H groups in total. The summed E-state index contributed by atoms with van der Waals surface area (Å²) in [5.74, 6) is 1.89. The van der Waals surface area contributed by atoms with E-state index in [9.17, 15) is 18.0 Å². The van der Waals surface area contributed by atoms with Crippen LogP contribution in [0.5, 0.6) is 0 Å². The maximum Gasteiger partial charge on any atom is 0.418 e. The van der Waals surface area contributed by atoms with Gasteiger partial charge in [-0.3, -0.25) is 0 Å². The van der Waals surface area contributed by atoms with Crippen molar-refractivity contribution in [3.8, 4) is 0 Å². The number of halogens is 4. The summed E-state index contributed by atoms with van der Waals surface area (Å²) in [6, 6.07) is 2.95. The van der Waals surface area contributed by atoms with Crippen molar-refractivity contribution >= 4 is 35.1 Å². The molecule has 196 valence electrons. The summed E-state index contributed by atoms with van der Waals surface area (Å²) in [7, 11) is 4.01. The lowest BCUT2D eigenvalue weighted by Gasteiger charge is -2.30. The molecule has 2 aromatic rings. The van der Waals surface area contributed by atoms with Crippen LogP contribution in [0.4, 0.5) is 35.4 Å². The largest absolute Gasteiger partial charge is 0.418 e. The molecular formula is C25H32ClF3N6O. The van der Waals surface area contributed by atoms with Crippen LogP contribution in [0.25, 0.3) is 0 Å². The third-order valence-corrected chi connectivity index (χ3v) is 7.19. The van der Waals surface area contributed by atoms with Crippen LogP contribution < -0.4 is 20.9 Å². The number of carbonyl (C=O) groups excluding carboxylic acids is 1. The van der Waals surface area contributed by atoms with E-state index < -0.39 is 23.5 Å². The van der Waals surface area contributed by atoms with Gasteiger partial charge < -0.3 is 20.9 Å². The Morgan fingerprint density at radius 1 is 1.11 bits per heavy atom. The molecule has 0 spiro atoms. The molecule has 0 atom stereocenters. The Balaban J connectivity index is 1.28. The van der Waals surface area contributed by atoms with Crippen LogP contribution in [0, 0.1) is 5.92 Å². The molecule has 2 aliphatic carbocycles. The predicted octanol–water partition coefficient (Wildman–Crippen LogP) is 5.89. The monoisotopic (exact) mass is 524 g/mol. The van der Waals surface area contributed by atoms with Crippen molar-refractivity contribution in [3.05, 3.63) is 40.0 Å². The summed E-state index contributed by atoms with van der Waals surface area (Å²) in [6.07, 6.45) is 3.25. The van der Waals surface area contributed by atoms with Gasteiger partial charge in [-0.1, -0.05) is 17.7 Å². The molecule has 0 unspecified atom stereocenters. The Kier molecular flexibility index (Phi) is 8.12. The highest BCUT2D eigenvalue weighted by atomic mass is 35.5. The molecule has 4 rings (SSSR count).